The Morgan fingerprint density at radius 2 is 1.75 bits per heavy atom. The Hall–Kier alpha value is -1.84. The highest BCUT2D eigenvalue weighted by Gasteiger charge is 2.37. The number of nitrogens with zero attached hydrogens (tertiary/aromatic N) is 1. The van der Waals surface area contributed by atoms with Gasteiger partial charge in [0.15, 0.2) is 0 Å². The second kappa shape index (κ2) is 7.82. The molecular formula is C20H28N2O2. The van der Waals surface area contributed by atoms with E-state index in [9.17, 15) is 9.59 Å². The number of carbonyl (C=O) groups is 2. The molecule has 4 heteroatoms. The summed E-state index contributed by atoms with van der Waals surface area (Å²) < 4.78 is 0. The lowest BCUT2D eigenvalue weighted by Crippen LogP contribution is -2.48. The molecule has 4 nitrogen and oxygen atoms in total. The summed E-state index contributed by atoms with van der Waals surface area (Å²) in [5, 5.41) is 3.09. The quantitative estimate of drug-likeness (QED) is 0.920. The molecule has 130 valence electrons. The molecule has 2 aliphatic rings. The number of benzene rings is 1. The molecule has 0 spiro atoms. The molecular weight excluding hydrogens is 300 g/mol. The van der Waals surface area contributed by atoms with Gasteiger partial charge in [-0.2, -0.15) is 0 Å². The molecule has 2 amide bonds. The molecule has 1 heterocycles. The Morgan fingerprint density at radius 3 is 2.46 bits per heavy atom. The van der Waals surface area contributed by atoms with Gasteiger partial charge in [-0.15, -0.1) is 0 Å². The topological polar surface area (TPSA) is 49.4 Å². The number of carbonyl (C=O) groups excluding carboxylic acids is 2. The molecule has 1 saturated heterocycles. The lowest BCUT2D eigenvalue weighted by molar-refractivity contribution is -0.142. The molecule has 0 aromatic heterocycles. The van der Waals surface area contributed by atoms with E-state index < -0.39 is 0 Å². The number of likely N-dealkylation sites (tertiary alicyclic amines) is 1. The van der Waals surface area contributed by atoms with Crippen LogP contribution in [-0.2, 0) is 9.59 Å². The second-order valence-corrected chi connectivity index (χ2v) is 7.17. The third-order valence-corrected chi connectivity index (χ3v) is 5.45. The third-order valence-electron chi connectivity index (χ3n) is 5.45. The van der Waals surface area contributed by atoms with Gasteiger partial charge in [0.2, 0.25) is 11.8 Å². The van der Waals surface area contributed by atoms with E-state index in [1.165, 1.54) is 6.42 Å². The van der Waals surface area contributed by atoms with Gasteiger partial charge in [0.25, 0.3) is 0 Å². The van der Waals surface area contributed by atoms with Crippen molar-refractivity contribution in [1.29, 1.82) is 0 Å². The molecule has 1 aliphatic heterocycles. The van der Waals surface area contributed by atoms with Crippen LogP contribution < -0.4 is 5.32 Å². The van der Waals surface area contributed by atoms with Crippen molar-refractivity contribution < 1.29 is 9.59 Å². The average molecular weight is 328 g/mol. The zero-order valence-electron chi connectivity index (χ0n) is 14.5. The van der Waals surface area contributed by atoms with Crippen LogP contribution >= 0.6 is 0 Å². The van der Waals surface area contributed by atoms with Crippen LogP contribution in [0.25, 0.3) is 0 Å². The molecule has 1 saturated carbocycles. The van der Waals surface area contributed by atoms with Crippen molar-refractivity contribution in [3.8, 4) is 0 Å². The van der Waals surface area contributed by atoms with E-state index in [-0.39, 0.29) is 29.8 Å². The number of amides is 2. The first kappa shape index (κ1) is 17.0. The number of rotatable bonds is 4. The van der Waals surface area contributed by atoms with Crippen LogP contribution in [0.1, 0.15) is 63.5 Å². The molecule has 1 N–H and O–H groups in total. The number of hydrogen-bond acceptors (Lipinski definition) is 2. The van der Waals surface area contributed by atoms with Crippen molar-refractivity contribution in [2.24, 2.45) is 5.92 Å². The van der Waals surface area contributed by atoms with Crippen molar-refractivity contribution in [3.63, 3.8) is 0 Å². The Bertz CT molecular complexity index is 566. The Balaban J connectivity index is 1.62. The molecule has 0 radical (unpaired) electrons. The van der Waals surface area contributed by atoms with Crippen LogP contribution in [0.5, 0.6) is 0 Å². The smallest absolute Gasteiger partial charge is 0.243 e. The van der Waals surface area contributed by atoms with E-state index in [2.05, 4.69) is 5.32 Å². The molecule has 2 atom stereocenters. The SMILES string of the molecule is C[C@H](NC(=O)[C@@H]1CCCN1C(=O)C1CCCCC1)c1ccccc1. The first-order valence-electron chi connectivity index (χ1n) is 9.32. The summed E-state index contributed by atoms with van der Waals surface area (Å²) >= 11 is 0. The summed E-state index contributed by atoms with van der Waals surface area (Å²) in [7, 11) is 0. The lowest BCUT2D eigenvalue weighted by atomic mass is 9.88. The van der Waals surface area contributed by atoms with Gasteiger partial charge in [0.05, 0.1) is 6.04 Å². The van der Waals surface area contributed by atoms with Crippen LogP contribution in [0.15, 0.2) is 30.3 Å². The first-order chi connectivity index (χ1) is 11.7. The van der Waals surface area contributed by atoms with Gasteiger partial charge in [-0.3, -0.25) is 9.59 Å². The third kappa shape index (κ3) is 3.80. The van der Waals surface area contributed by atoms with E-state index in [1.54, 1.807) is 0 Å². The van der Waals surface area contributed by atoms with Crippen molar-refractivity contribution in [1.82, 2.24) is 10.2 Å². The highest BCUT2D eigenvalue weighted by atomic mass is 16.2. The molecule has 0 bridgehead atoms. The van der Waals surface area contributed by atoms with Gasteiger partial charge in [0, 0.05) is 12.5 Å². The fraction of sp³-hybridized carbons (Fsp3) is 0.600. The van der Waals surface area contributed by atoms with Gasteiger partial charge in [-0.05, 0) is 38.2 Å². The Morgan fingerprint density at radius 1 is 1.04 bits per heavy atom. The average Bonchev–Trinajstić information content (AvgIpc) is 3.12. The Kier molecular flexibility index (Phi) is 5.54. The fourth-order valence-electron chi connectivity index (χ4n) is 4.02. The van der Waals surface area contributed by atoms with Gasteiger partial charge in [-0.25, -0.2) is 0 Å². The first-order valence-corrected chi connectivity index (χ1v) is 9.32. The lowest BCUT2D eigenvalue weighted by Gasteiger charge is -2.30. The minimum atomic E-state index is -0.286. The predicted octanol–water partition coefficient (Wildman–Crippen LogP) is 3.44. The van der Waals surface area contributed by atoms with Crippen LogP contribution in [0.4, 0.5) is 0 Å². The largest absolute Gasteiger partial charge is 0.348 e. The molecule has 2 fully saturated rings. The molecule has 3 rings (SSSR count). The normalized spacial score (nSPS) is 23.0. The standard InChI is InChI=1S/C20H28N2O2/c1-15(16-9-4-2-5-10-16)21-19(23)18-13-8-14-22(18)20(24)17-11-6-3-7-12-17/h2,4-5,9-10,15,17-18H,3,6-8,11-14H2,1H3,(H,21,23)/t15-,18-/m0/s1. The highest BCUT2D eigenvalue weighted by molar-refractivity contribution is 5.89. The number of nitrogens with one attached hydrogen (secondary N) is 1. The van der Waals surface area contributed by atoms with Crippen LogP contribution in [0.2, 0.25) is 0 Å². The van der Waals surface area contributed by atoms with Crippen LogP contribution in [0, 0.1) is 5.92 Å². The summed E-state index contributed by atoms with van der Waals surface area (Å²) in [5.74, 6) is 0.339. The van der Waals surface area contributed by atoms with Crippen LogP contribution in [-0.4, -0.2) is 29.3 Å². The maximum atomic E-state index is 12.8. The monoisotopic (exact) mass is 328 g/mol. The zero-order valence-corrected chi connectivity index (χ0v) is 14.5. The van der Waals surface area contributed by atoms with Crippen molar-refractivity contribution >= 4 is 11.8 Å². The maximum Gasteiger partial charge on any atom is 0.243 e. The summed E-state index contributed by atoms with van der Waals surface area (Å²) in [6.07, 6.45) is 7.22. The molecule has 1 aliphatic carbocycles. The fourth-order valence-corrected chi connectivity index (χ4v) is 4.02. The highest BCUT2D eigenvalue weighted by Crippen LogP contribution is 2.29. The second-order valence-electron chi connectivity index (χ2n) is 7.17. The van der Waals surface area contributed by atoms with E-state index in [0.29, 0.717) is 0 Å². The van der Waals surface area contributed by atoms with Gasteiger partial charge < -0.3 is 10.2 Å². The van der Waals surface area contributed by atoms with Crippen molar-refractivity contribution in [3.05, 3.63) is 35.9 Å². The molecule has 1 aromatic rings. The van der Waals surface area contributed by atoms with Crippen LogP contribution in [0.3, 0.4) is 0 Å². The summed E-state index contributed by atoms with van der Waals surface area (Å²) in [6.45, 7) is 2.72. The Labute approximate surface area is 144 Å². The van der Waals surface area contributed by atoms with E-state index in [0.717, 1.165) is 50.6 Å². The minimum absolute atomic E-state index is 0.00647. The summed E-state index contributed by atoms with van der Waals surface area (Å²) in [4.78, 5) is 27.4. The number of hydrogen-bond donors (Lipinski definition) is 1. The maximum absolute atomic E-state index is 12.8. The van der Waals surface area contributed by atoms with Gasteiger partial charge in [0.1, 0.15) is 6.04 Å². The molecule has 24 heavy (non-hydrogen) atoms. The molecule has 1 aromatic carbocycles. The van der Waals surface area contributed by atoms with E-state index in [4.69, 9.17) is 0 Å². The molecule has 0 unspecified atom stereocenters. The summed E-state index contributed by atoms with van der Waals surface area (Å²) in [6, 6.07) is 9.64. The minimum Gasteiger partial charge on any atom is -0.348 e. The zero-order chi connectivity index (χ0) is 16.9. The van der Waals surface area contributed by atoms with Gasteiger partial charge in [-0.1, -0.05) is 49.6 Å². The van der Waals surface area contributed by atoms with E-state index in [1.807, 2.05) is 42.2 Å². The summed E-state index contributed by atoms with van der Waals surface area (Å²) in [5.41, 5.74) is 1.09. The van der Waals surface area contributed by atoms with E-state index >= 15 is 0 Å². The van der Waals surface area contributed by atoms with Gasteiger partial charge >= 0.3 is 0 Å². The van der Waals surface area contributed by atoms with Crippen molar-refractivity contribution in [2.45, 2.75) is 64.0 Å². The predicted molar refractivity (Wildman–Crippen MR) is 94.3 cm³/mol. The van der Waals surface area contributed by atoms with Crippen molar-refractivity contribution in [2.75, 3.05) is 6.54 Å².